The first-order valence-electron chi connectivity index (χ1n) is 10.0. The lowest BCUT2D eigenvalue weighted by atomic mass is 9.96. The maximum Gasteiger partial charge on any atom is 0.253 e. The van der Waals surface area contributed by atoms with Crippen molar-refractivity contribution in [2.24, 2.45) is 5.92 Å². The zero-order valence-electron chi connectivity index (χ0n) is 17.5. The van der Waals surface area contributed by atoms with E-state index >= 15 is 0 Å². The molecule has 0 aromatic heterocycles. The van der Waals surface area contributed by atoms with E-state index < -0.39 is 0 Å². The third-order valence-electron chi connectivity index (χ3n) is 4.82. The molecule has 0 bridgehead atoms. The quantitative estimate of drug-likeness (QED) is 0.663. The van der Waals surface area contributed by atoms with Gasteiger partial charge in [-0.15, -0.1) is 0 Å². The van der Waals surface area contributed by atoms with Crippen molar-refractivity contribution in [3.05, 3.63) is 65.5 Å². The average molecular weight is 400 g/mol. The van der Waals surface area contributed by atoms with Crippen LogP contribution in [0.2, 0.25) is 0 Å². The molecule has 1 atom stereocenters. The van der Waals surface area contributed by atoms with Gasteiger partial charge >= 0.3 is 0 Å². The summed E-state index contributed by atoms with van der Waals surface area (Å²) >= 11 is 0. The van der Waals surface area contributed by atoms with Crippen molar-refractivity contribution in [1.82, 2.24) is 10.2 Å². The van der Waals surface area contributed by atoms with Crippen LogP contribution in [0.15, 0.2) is 48.5 Å². The largest absolute Gasteiger partial charge is 0.339 e. The number of nitrogens with zero attached hydrogens (tertiary/aromatic N) is 1. The molecule has 2 N–H and O–H groups in total. The molecule has 0 aliphatic rings. The van der Waals surface area contributed by atoms with Crippen LogP contribution in [0.1, 0.15) is 49.7 Å². The van der Waals surface area contributed by atoms with Gasteiger partial charge in [0, 0.05) is 30.4 Å². The minimum atomic E-state index is -0.284. The van der Waals surface area contributed by atoms with Crippen LogP contribution in [0, 0.1) is 11.7 Å². The second kappa shape index (κ2) is 10.7. The summed E-state index contributed by atoms with van der Waals surface area (Å²) < 4.78 is 13.2. The topological polar surface area (TPSA) is 61.4 Å². The highest BCUT2D eigenvalue weighted by Crippen LogP contribution is 2.21. The Morgan fingerprint density at radius 2 is 1.69 bits per heavy atom. The van der Waals surface area contributed by atoms with Crippen molar-refractivity contribution < 1.29 is 14.0 Å². The van der Waals surface area contributed by atoms with E-state index in [4.69, 9.17) is 0 Å². The van der Waals surface area contributed by atoms with Crippen molar-refractivity contribution in [1.29, 1.82) is 0 Å². The van der Waals surface area contributed by atoms with Gasteiger partial charge in [0.15, 0.2) is 0 Å². The fourth-order valence-corrected chi connectivity index (χ4v) is 3.24. The molecule has 2 aromatic carbocycles. The highest BCUT2D eigenvalue weighted by molar-refractivity contribution is 5.97. The van der Waals surface area contributed by atoms with Gasteiger partial charge in [0.1, 0.15) is 5.82 Å². The number of hydrogen-bond acceptors (Lipinski definition) is 3. The zero-order valence-corrected chi connectivity index (χ0v) is 17.5. The van der Waals surface area contributed by atoms with Gasteiger partial charge in [-0.05, 0) is 55.7 Å². The number of carbonyl (C=O) groups is 2. The Hall–Kier alpha value is -2.73. The van der Waals surface area contributed by atoms with Crippen molar-refractivity contribution in [2.75, 3.05) is 25.0 Å². The SMILES string of the molecule is CCN(CC)C(=O)c1cccc(NC(=O)CN[C@@H](c2ccc(F)cc2)C(C)C)c1. The molecule has 0 unspecified atom stereocenters. The maximum atomic E-state index is 13.2. The number of rotatable bonds is 9. The van der Waals surface area contributed by atoms with Crippen LogP contribution >= 0.6 is 0 Å². The molecule has 0 aliphatic heterocycles. The Balaban J connectivity index is 2.00. The first kappa shape index (κ1) is 22.6. The molecule has 0 radical (unpaired) electrons. The highest BCUT2D eigenvalue weighted by atomic mass is 19.1. The number of anilines is 1. The summed E-state index contributed by atoms with van der Waals surface area (Å²) in [6.45, 7) is 9.33. The summed E-state index contributed by atoms with van der Waals surface area (Å²) in [5, 5.41) is 6.07. The number of halogens is 1. The monoisotopic (exact) mass is 399 g/mol. The van der Waals surface area contributed by atoms with Gasteiger partial charge in [-0.1, -0.05) is 32.0 Å². The van der Waals surface area contributed by atoms with Crippen molar-refractivity contribution in [2.45, 2.75) is 33.7 Å². The van der Waals surface area contributed by atoms with E-state index in [1.54, 1.807) is 41.3 Å². The fourth-order valence-electron chi connectivity index (χ4n) is 3.24. The number of benzene rings is 2. The lowest BCUT2D eigenvalue weighted by molar-refractivity contribution is -0.115. The molecule has 5 nitrogen and oxygen atoms in total. The first-order chi connectivity index (χ1) is 13.8. The molecular formula is C23H30FN3O2. The van der Waals surface area contributed by atoms with Crippen molar-refractivity contribution in [3.63, 3.8) is 0 Å². The molecule has 0 saturated carbocycles. The van der Waals surface area contributed by atoms with Crippen LogP contribution in [0.3, 0.4) is 0 Å². The van der Waals surface area contributed by atoms with Gasteiger partial charge in [0.05, 0.1) is 6.54 Å². The lowest BCUT2D eigenvalue weighted by Gasteiger charge is -2.23. The Kier molecular flexibility index (Phi) is 8.34. The number of amides is 2. The molecular weight excluding hydrogens is 369 g/mol. The third kappa shape index (κ3) is 6.39. The van der Waals surface area contributed by atoms with Gasteiger partial charge in [0.2, 0.25) is 5.91 Å². The predicted molar refractivity (Wildman–Crippen MR) is 114 cm³/mol. The van der Waals surface area contributed by atoms with E-state index in [0.717, 1.165) is 5.56 Å². The van der Waals surface area contributed by atoms with E-state index in [1.165, 1.54) is 12.1 Å². The second-order valence-corrected chi connectivity index (χ2v) is 7.26. The van der Waals surface area contributed by atoms with Gasteiger partial charge in [0.25, 0.3) is 5.91 Å². The second-order valence-electron chi connectivity index (χ2n) is 7.26. The molecule has 156 valence electrons. The zero-order chi connectivity index (χ0) is 21.4. The molecule has 0 heterocycles. The van der Waals surface area contributed by atoms with E-state index in [1.807, 2.05) is 27.7 Å². The molecule has 2 rings (SSSR count). The summed E-state index contributed by atoms with van der Waals surface area (Å²) in [5.41, 5.74) is 2.06. The van der Waals surface area contributed by atoms with Gasteiger partial charge in [-0.3, -0.25) is 9.59 Å². The standard InChI is InChI=1S/C23H30FN3O2/c1-5-27(6-2)23(29)18-8-7-9-20(14-18)26-21(28)15-25-22(16(3)4)17-10-12-19(24)13-11-17/h7-14,16,22,25H,5-6,15H2,1-4H3,(H,26,28)/t22-/m1/s1. The number of hydrogen-bond donors (Lipinski definition) is 2. The van der Waals surface area contributed by atoms with Crippen LogP contribution in [-0.2, 0) is 4.79 Å². The van der Waals surface area contributed by atoms with Crippen LogP contribution in [0.4, 0.5) is 10.1 Å². The van der Waals surface area contributed by atoms with Crippen LogP contribution in [-0.4, -0.2) is 36.3 Å². The van der Waals surface area contributed by atoms with Gasteiger partial charge < -0.3 is 15.5 Å². The molecule has 0 aliphatic carbocycles. The lowest BCUT2D eigenvalue weighted by Crippen LogP contribution is -2.33. The van der Waals surface area contributed by atoms with E-state index in [0.29, 0.717) is 24.3 Å². The number of carbonyl (C=O) groups excluding carboxylic acids is 2. The van der Waals surface area contributed by atoms with E-state index in [2.05, 4.69) is 10.6 Å². The molecule has 0 fully saturated rings. The third-order valence-corrected chi connectivity index (χ3v) is 4.82. The minimum absolute atomic E-state index is 0.0552. The Morgan fingerprint density at radius 3 is 2.28 bits per heavy atom. The molecule has 2 aromatic rings. The Bertz CT molecular complexity index is 817. The fraction of sp³-hybridized carbons (Fsp3) is 0.391. The Morgan fingerprint density at radius 1 is 1.03 bits per heavy atom. The minimum Gasteiger partial charge on any atom is -0.339 e. The van der Waals surface area contributed by atoms with Gasteiger partial charge in [-0.25, -0.2) is 4.39 Å². The molecule has 0 spiro atoms. The van der Waals surface area contributed by atoms with Crippen molar-refractivity contribution >= 4 is 17.5 Å². The van der Waals surface area contributed by atoms with E-state index in [-0.39, 0.29) is 36.1 Å². The molecule has 2 amide bonds. The smallest absolute Gasteiger partial charge is 0.253 e. The normalized spacial score (nSPS) is 11.9. The first-order valence-corrected chi connectivity index (χ1v) is 10.0. The maximum absolute atomic E-state index is 13.2. The summed E-state index contributed by atoms with van der Waals surface area (Å²) in [6, 6.07) is 13.2. The molecule has 29 heavy (non-hydrogen) atoms. The Labute approximate surface area is 172 Å². The highest BCUT2D eigenvalue weighted by Gasteiger charge is 2.17. The van der Waals surface area contributed by atoms with Gasteiger partial charge in [-0.2, -0.15) is 0 Å². The molecule has 0 saturated heterocycles. The summed E-state index contributed by atoms with van der Waals surface area (Å²) in [6.07, 6.45) is 0. The van der Waals surface area contributed by atoms with Crippen LogP contribution in [0.5, 0.6) is 0 Å². The summed E-state index contributed by atoms with van der Waals surface area (Å²) in [5.74, 6) is -0.318. The van der Waals surface area contributed by atoms with E-state index in [9.17, 15) is 14.0 Å². The average Bonchev–Trinajstić information content (AvgIpc) is 2.70. The summed E-state index contributed by atoms with van der Waals surface area (Å²) in [4.78, 5) is 26.6. The predicted octanol–water partition coefficient (Wildman–Crippen LogP) is 4.23. The molecule has 6 heteroatoms. The van der Waals surface area contributed by atoms with Crippen LogP contribution in [0.25, 0.3) is 0 Å². The summed E-state index contributed by atoms with van der Waals surface area (Å²) in [7, 11) is 0. The van der Waals surface area contributed by atoms with Crippen molar-refractivity contribution in [3.8, 4) is 0 Å². The number of nitrogens with one attached hydrogen (secondary N) is 2. The van der Waals surface area contributed by atoms with Crippen LogP contribution < -0.4 is 10.6 Å².